The molecule has 0 fully saturated rings. The summed E-state index contributed by atoms with van der Waals surface area (Å²) in [6, 6.07) is 14.8. The van der Waals surface area contributed by atoms with Gasteiger partial charge in [-0.2, -0.15) is 10.4 Å². The Hall–Kier alpha value is -3.34. The molecule has 9 heteroatoms. The second-order valence-electron chi connectivity index (χ2n) is 5.60. The van der Waals surface area contributed by atoms with Crippen LogP contribution in [0, 0.1) is 11.3 Å². The summed E-state index contributed by atoms with van der Waals surface area (Å²) in [4.78, 5) is 24.0. The van der Waals surface area contributed by atoms with Crippen LogP contribution in [0.4, 0.5) is 5.69 Å². The second-order valence-corrected chi connectivity index (χ2v) is 6.45. The van der Waals surface area contributed by atoms with Gasteiger partial charge in [-0.05, 0) is 36.4 Å². The van der Waals surface area contributed by atoms with Gasteiger partial charge in [0.05, 0.1) is 16.3 Å². The Morgan fingerprint density at radius 1 is 1.14 bits per heavy atom. The van der Waals surface area contributed by atoms with E-state index in [2.05, 4.69) is 15.5 Å². The van der Waals surface area contributed by atoms with E-state index in [1.54, 1.807) is 24.3 Å². The number of carbonyl (C=O) groups excluding carboxylic acids is 2. The summed E-state index contributed by atoms with van der Waals surface area (Å²) in [7, 11) is 0. The number of aromatic nitrogens is 2. The van der Waals surface area contributed by atoms with Crippen LogP contribution in [0.15, 0.2) is 48.5 Å². The number of hydrogen-bond acceptors (Lipinski definition) is 5. The molecule has 7 nitrogen and oxygen atoms in total. The number of carbonyl (C=O) groups is 2. The molecule has 1 aromatic heterocycles. The zero-order chi connectivity index (χ0) is 20.1. The van der Waals surface area contributed by atoms with Gasteiger partial charge < -0.3 is 10.1 Å². The first-order chi connectivity index (χ1) is 13.5. The summed E-state index contributed by atoms with van der Waals surface area (Å²) >= 11 is 11.8. The van der Waals surface area contributed by atoms with Gasteiger partial charge in [0.2, 0.25) is 0 Å². The maximum Gasteiger partial charge on any atom is 0.356 e. The van der Waals surface area contributed by atoms with Gasteiger partial charge >= 0.3 is 5.97 Å². The second kappa shape index (κ2) is 8.57. The Labute approximate surface area is 169 Å². The third kappa shape index (κ3) is 4.68. The first kappa shape index (κ1) is 19.4. The molecule has 0 aliphatic carbocycles. The molecule has 1 heterocycles. The van der Waals surface area contributed by atoms with Crippen LogP contribution in [0.25, 0.3) is 11.3 Å². The van der Waals surface area contributed by atoms with E-state index in [-0.39, 0.29) is 10.7 Å². The summed E-state index contributed by atoms with van der Waals surface area (Å²) in [6.07, 6.45) is 0. The molecule has 3 rings (SSSR count). The van der Waals surface area contributed by atoms with Gasteiger partial charge in [-0.25, -0.2) is 4.79 Å². The number of ether oxygens (including phenoxy) is 1. The molecule has 1 amide bonds. The zero-order valence-corrected chi connectivity index (χ0v) is 15.7. The van der Waals surface area contributed by atoms with Crippen molar-refractivity contribution in [1.82, 2.24) is 10.2 Å². The SMILES string of the molecule is N#Cc1ccc(NC(=O)COC(=O)c2cc(-c3ccc(Cl)cc3)n[nH]2)cc1Cl. The maximum absolute atomic E-state index is 12.1. The molecule has 0 saturated carbocycles. The van der Waals surface area contributed by atoms with Crippen molar-refractivity contribution >= 4 is 40.8 Å². The summed E-state index contributed by atoms with van der Waals surface area (Å²) in [5.74, 6) is -1.27. The normalized spacial score (nSPS) is 10.2. The van der Waals surface area contributed by atoms with Crippen molar-refractivity contribution in [2.24, 2.45) is 0 Å². The molecule has 0 radical (unpaired) electrons. The monoisotopic (exact) mass is 414 g/mol. The number of halogens is 2. The number of nitrogens with one attached hydrogen (secondary N) is 2. The number of H-pyrrole nitrogens is 1. The van der Waals surface area contributed by atoms with Crippen molar-refractivity contribution in [1.29, 1.82) is 5.26 Å². The fraction of sp³-hybridized carbons (Fsp3) is 0.0526. The topological polar surface area (TPSA) is 108 Å². The van der Waals surface area contributed by atoms with Gasteiger partial charge in [0.25, 0.3) is 5.91 Å². The van der Waals surface area contributed by atoms with E-state index in [1.165, 1.54) is 24.3 Å². The molecule has 0 aliphatic rings. The first-order valence-electron chi connectivity index (χ1n) is 7.94. The van der Waals surface area contributed by atoms with Crippen LogP contribution in [0.5, 0.6) is 0 Å². The highest BCUT2D eigenvalue weighted by atomic mass is 35.5. The summed E-state index contributed by atoms with van der Waals surface area (Å²) in [5.41, 5.74) is 2.10. The van der Waals surface area contributed by atoms with E-state index in [9.17, 15) is 9.59 Å². The first-order valence-corrected chi connectivity index (χ1v) is 8.70. The number of hydrogen-bond donors (Lipinski definition) is 2. The highest BCUT2D eigenvalue weighted by molar-refractivity contribution is 6.32. The van der Waals surface area contributed by atoms with E-state index in [1.807, 2.05) is 6.07 Å². The van der Waals surface area contributed by atoms with E-state index in [4.69, 9.17) is 33.2 Å². The quantitative estimate of drug-likeness (QED) is 0.612. The summed E-state index contributed by atoms with van der Waals surface area (Å²) in [5, 5.41) is 18.8. The van der Waals surface area contributed by atoms with Crippen LogP contribution >= 0.6 is 23.2 Å². The Kier molecular flexibility index (Phi) is 5.94. The number of nitrogens with zero attached hydrogens (tertiary/aromatic N) is 2. The van der Waals surface area contributed by atoms with Gasteiger partial charge in [0, 0.05) is 16.3 Å². The smallest absolute Gasteiger partial charge is 0.356 e. The molecule has 0 aliphatic heterocycles. The number of esters is 1. The number of aromatic amines is 1. The van der Waals surface area contributed by atoms with Crippen LogP contribution in [0.2, 0.25) is 10.0 Å². The van der Waals surface area contributed by atoms with Crippen molar-refractivity contribution in [3.8, 4) is 17.3 Å². The standard InChI is InChI=1S/C19H12Cl2N4O3/c20-13-4-1-11(2-5-13)16-8-17(25-24-16)19(27)28-10-18(26)23-14-6-3-12(9-22)15(21)7-14/h1-8H,10H2,(H,23,26)(H,24,25). The molecule has 0 spiro atoms. The van der Waals surface area contributed by atoms with Crippen LogP contribution in [0.1, 0.15) is 16.1 Å². The summed E-state index contributed by atoms with van der Waals surface area (Å²) < 4.78 is 4.98. The largest absolute Gasteiger partial charge is 0.451 e. The molecule has 3 aromatic rings. The molecule has 0 atom stereocenters. The molecule has 2 aromatic carbocycles. The average molecular weight is 415 g/mol. The molecule has 0 unspecified atom stereocenters. The Morgan fingerprint density at radius 3 is 2.57 bits per heavy atom. The predicted octanol–water partition coefficient (Wildman–Crippen LogP) is 4.05. The molecule has 2 N–H and O–H groups in total. The van der Waals surface area contributed by atoms with Crippen molar-refractivity contribution in [3.05, 3.63) is 69.8 Å². The lowest BCUT2D eigenvalue weighted by Crippen LogP contribution is -2.21. The number of rotatable bonds is 5. The van der Waals surface area contributed by atoms with Crippen LogP contribution in [-0.4, -0.2) is 28.7 Å². The highest BCUT2D eigenvalue weighted by Crippen LogP contribution is 2.21. The maximum atomic E-state index is 12.1. The number of nitriles is 1. The predicted molar refractivity (Wildman–Crippen MR) is 104 cm³/mol. The molecule has 0 saturated heterocycles. The van der Waals surface area contributed by atoms with E-state index in [0.717, 1.165) is 5.56 Å². The van der Waals surface area contributed by atoms with Crippen molar-refractivity contribution in [2.45, 2.75) is 0 Å². The zero-order valence-electron chi connectivity index (χ0n) is 14.2. The van der Waals surface area contributed by atoms with E-state index < -0.39 is 18.5 Å². The summed E-state index contributed by atoms with van der Waals surface area (Å²) in [6.45, 7) is -0.494. The lowest BCUT2D eigenvalue weighted by atomic mass is 10.1. The molecular formula is C19H12Cl2N4O3. The average Bonchev–Trinajstić information content (AvgIpc) is 3.17. The van der Waals surface area contributed by atoms with Gasteiger partial charge in [0.1, 0.15) is 11.8 Å². The molecule has 28 heavy (non-hydrogen) atoms. The van der Waals surface area contributed by atoms with Gasteiger partial charge in [-0.15, -0.1) is 0 Å². The fourth-order valence-corrected chi connectivity index (χ4v) is 2.63. The van der Waals surface area contributed by atoms with Crippen molar-refractivity contribution in [3.63, 3.8) is 0 Å². The lowest BCUT2D eigenvalue weighted by Gasteiger charge is -2.06. The van der Waals surface area contributed by atoms with Gasteiger partial charge in [0.15, 0.2) is 6.61 Å². The van der Waals surface area contributed by atoms with Gasteiger partial charge in [-0.1, -0.05) is 35.3 Å². The van der Waals surface area contributed by atoms with Crippen molar-refractivity contribution in [2.75, 3.05) is 11.9 Å². The third-order valence-electron chi connectivity index (χ3n) is 3.65. The molecular weight excluding hydrogens is 403 g/mol. The Morgan fingerprint density at radius 2 is 1.89 bits per heavy atom. The van der Waals surface area contributed by atoms with Crippen molar-refractivity contribution < 1.29 is 14.3 Å². The molecule has 0 bridgehead atoms. The minimum Gasteiger partial charge on any atom is -0.451 e. The van der Waals surface area contributed by atoms with Crippen LogP contribution in [0.3, 0.4) is 0 Å². The molecule has 140 valence electrons. The number of anilines is 1. The number of benzene rings is 2. The fourth-order valence-electron chi connectivity index (χ4n) is 2.28. The Bertz CT molecular complexity index is 1070. The number of amides is 1. The van der Waals surface area contributed by atoms with Crippen LogP contribution in [-0.2, 0) is 9.53 Å². The highest BCUT2D eigenvalue weighted by Gasteiger charge is 2.14. The lowest BCUT2D eigenvalue weighted by molar-refractivity contribution is -0.119. The third-order valence-corrected chi connectivity index (χ3v) is 4.21. The van der Waals surface area contributed by atoms with Gasteiger partial charge in [-0.3, -0.25) is 9.89 Å². The minimum absolute atomic E-state index is 0.110. The minimum atomic E-state index is -0.722. The van der Waals surface area contributed by atoms with E-state index in [0.29, 0.717) is 22.0 Å². The van der Waals surface area contributed by atoms with E-state index >= 15 is 0 Å². The Balaban J connectivity index is 1.57. The van der Waals surface area contributed by atoms with Crippen LogP contribution < -0.4 is 5.32 Å².